The van der Waals surface area contributed by atoms with Crippen LogP contribution in [0.2, 0.25) is 0 Å². The highest BCUT2D eigenvalue weighted by molar-refractivity contribution is 5.96. The summed E-state index contributed by atoms with van der Waals surface area (Å²) in [5.41, 5.74) is 1.57. The lowest BCUT2D eigenvalue weighted by atomic mass is 10.1. The van der Waals surface area contributed by atoms with Crippen LogP contribution in [0.4, 0.5) is 14.6 Å². The summed E-state index contributed by atoms with van der Waals surface area (Å²) in [6, 6.07) is 4.10. The van der Waals surface area contributed by atoms with Gasteiger partial charge in [0.1, 0.15) is 23.1 Å². The van der Waals surface area contributed by atoms with Gasteiger partial charge in [0.2, 0.25) is 0 Å². The molecule has 4 aromatic rings. The number of benzene rings is 1. The zero-order valence-electron chi connectivity index (χ0n) is 13.9. The third-order valence-electron chi connectivity index (χ3n) is 4.21. The van der Waals surface area contributed by atoms with Crippen molar-refractivity contribution in [2.75, 3.05) is 11.9 Å². The lowest BCUT2D eigenvalue weighted by molar-refractivity contribution is 0.591. The second kappa shape index (κ2) is 5.84. The molecule has 0 atom stereocenters. The number of aryl methyl sites for hydroxylation is 1. The molecule has 5 nitrogen and oxygen atoms in total. The highest BCUT2D eigenvalue weighted by atomic mass is 19.1. The Morgan fingerprint density at radius 1 is 1.20 bits per heavy atom. The van der Waals surface area contributed by atoms with E-state index in [9.17, 15) is 8.78 Å². The molecule has 128 valence electrons. The molecule has 0 amide bonds. The van der Waals surface area contributed by atoms with Crippen LogP contribution in [0.25, 0.3) is 33.3 Å². The molecular weight excluding hydrogens is 324 g/mol. The van der Waals surface area contributed by atoms with Crippen molar-refractivity contribution in [2.45, 2.75) is 13.3 Å². The van der Waals surface area contributed by atoms with Crippen LogP contribution in [0.1, 0.15) is 13.3 Å². The van der Waals surface area contributed by atoms with Crippen molar-refractivity contribution >= 4 is 27.8 Å². The molecule has 0 saturated heterocycles. The summed E-state index contributed by atoms with van der Waals surface area (Å²) in [6.45, 7) is 2.85. The Morgan fingerprint density at radius 2 is 2.04 bits per heavy atom. The standard InChI is InChI=1S/C18H17F2N5/c1-3-5-21-16-11-4-6-25(2)18(11)24-17(23-16)13-9-22-15-12(13)7-10(19)8-14(15)20/h4,6-9,22H,3,5H2,1-2H3,(H,21,23,24). The van der Waals surface area contributed by atoms with E-state index in [4.69, 9.17) is 0 Å². The monoisotopic (exact) mass is 341 g/mol. The van der Waals surface area contributed by atoms with Crippen molar-refractivity contribution in [3.63, 3.8) is 0 Å². The van der Waals surface area contributed by atoms with Crippen LogP contribution in [0, 0.1) is 11.6 Å². The summed E-state index contributed by atoms with van der Waals surface area (Å²) in [7, 11) is 1.90. The van der Waals surface area contributed by atoms with Crippen molar-refractivity contribution in [3.05, 3.63) is 42.2 Å². The smallest absolute Gasteiger partial charge is 0.166 e. The number of hydrogen-bond donors (Lipinski definition) is 2. The molecular formula is C18H17F2N5. The van der Waals surface area contributed by atoms with E-state index in [2.05, 4.69) is 27.2 Å². The number of nitrogens with zero attached hydrogens (tertiary/aromatic N) is 3. The maximum atomic E-state index is 14.0. The number of H-pyrrole nitrogens is 1. The van der Waals surface area contributed by atoms with Gasteiger partial charge in [0.25, 0.3) is 0 Å². The fraction of sp³-hybridized carbons (Fsp3) is 0.222. The Balaban J connectivity index is 1.96. The van der Waals surface area contributed by atoms with E-state index >= 15 is 0 Å². The maximum absolute atomic E-state index is 14.0. The fourth-order valence-corrected chi connectivity index (χ4v) is 2.98. The van der Waals surface area contributed by atoms with Gasteiger partial charge in [0, 0.05) is 43.0 Å². The summed E-state index contributed by atoms with van der Waals surface area (Å²) >= 11 is 0. The Labute approximate surface area is 142 Å². The molecule has 4 rings (SSSR count). The zero-order valence-corrected chi connectivity index (χ0v) is 13.9. The van der Waals surface area contributed by atoms with Gasteiger partial charge in [-0.15, -0.1) is 0 Å². The van der Waals surface area contributed by atoms with Gasteiger partial charge >= 0.3 is 0 Å². The van der Waals surface area contributed by atoms with Gasteiger partial charge in [0.05, 0.1) is 10.9 Å². The molecule has 0 aliphatic heterocycles. The minimum Gasteiger partial charge on any atom is -0.369 e. The summed E-state index contributed by atoms with van der Waals surface area (Å²) in [6.07, 6.45) is 4.48. The van der Waals surface area contributed by atoms with E-state index in [0.29, 0.717) is 22.6 Å². The Hall–Kier alpha value is -2.96. The summed E-state index contributed by atoms with van der Waals surface area (Å²) < 4.78 is 29.5. The third-order valence-corrected chi connectivity index (χ3v) is 4.21. The average Bonchev–Trinajstić information content (AvgIpc) is 3.17. The van der Waals surface area contributed by atoms with E-state index < -0.39 is 11.6 Å². The number of fused-ring (bicyclic) bond motifs is 2. The fourth-order valence-electron chi connectivity index (χ4n) is 2.98. The molecule has 0 bridgehead atoms. The molecule has 0 spiro atoms. The average molecular weight is 341 g/mol. The van der Waals surface area contributed by atoms with Crippen LogP contribution in [-0.4, -0.2) is 26.1 Å². The first-order chi connectivity index (χ1) is 12.1. The third kappa shape index (κ3) is 2.52. The highest BCUT2D eigenvalue weighted by Crippen LogP contribution is 2.31. The second-order valence-corrected chi connectivity index (χ2v) is 6.00. The molecule has 3 heterocycles. The topological polar surface area (TPSA) is 58.5 Å². The Kier molecular flexibility index (Phi) is 3.63. The van der Waals surface area contributed by atoms with Crippen LogP contribution < -0.4 is 5.32 Å². The highest BCUT2D eigenvalue weighted by Gasteiger charge is 2.17. The van der Waals surface area contributed by atoms with Crippen LogP contribution in [0.3, 0.4) is 0 Å². The molecule has 0 saturated carbocycles. The summed E-state index contributed by atoms with van der Waals surface area (Å²) in [5, 5.41) is 4.64. The SMILES string of the molecule is CCCNc1nc(-c2c[nH]c3c(F)cc(F)cc23)nc2c1ccn2C. The number of hydrogen-bond acceptors (Lipinski definition) is 3. The predicted molar refractivity (Wildman–Crippen MR) is 94.5 cm³/mol. The van der Waals surface area contributed by atoms with E-state index in [1.54, 1.807) is 6.20 Å². The number of aromatic nitrogens is 4. The molecule has 0 fully saturated rings. The van der Waals surface area contributed by atoms with E-state index in [1.165, 1.54) is 6.07 Å². The first kappa shape index (κ1) is 15.6. The van der Waals surface area contributed by atoms with Crippen molar-refractivity contribution in [3.8, 4) is 11.4 Å². The van der Waals surface area contributed by atoms with Crippen molar-refractivity contribution < 1.29 is 8.78 Å². The number of nitrogens with one attached hydrogen (secondary N) is 2. The molecule has 2 N–H and O–H groups in total. The summed E-state index contributed by atoms with van der Waals surface area (Å²) in [4.78, 5) is 12.1. The first-order valence-corrected chi connectivity index (χ1v) is 8.12. The van der Waals surface area contributed by atoms with Gasteiger partial charge in [-0.25, -0.2) is 18.7 Å². The molecule has 0 aliphatic carbocycles. The number of rotatable bonds is 4. The van der Waals surface area contributed by atoms with Gasteiger partial charge in [-0.2, -0.15) is 0 Å². The lowest BCUT2D eigenvalue weighted by Gasteiger charge is -2.08. The molecule has 0 radical (unpaired) electrons. The van der Waals surface area contributed by atoms with Gasteiger partial charge in [-0.1, -0.05) is 6.92 Å². The van der Waals surface area contributed by atoms with E-state index in [-0.39, 0.29) is 5.52 Å². The minimum atomic E-state index is -0.634. The maximum Gasteiger partial charge on any atom is 0.166 e. The first-order valence-electron chi connectivity index (χ1n) is 8.12. The molecule has 0 unspecified atom stereocenters. The van der Waals surface area contributed by atoms with Crippen molar-refractivity contribution in [1.82, 2.24) is 19.5 Å². The minimum absolute atomic E-state index is 0.245. The van der Waals surface area contributed by atoms with E-state index in [1.807, 2.05) is 23.9 Å². The number of halogens is 2. The van der Waals surface area contributed by atoms with Gasteiger partial charge < -0.3 is 14.9 Å². The van der Waals surface area contributed by atoms with Crippen LogP contribution in [-0.2, 0) is 7.05 Å². The summed E-state index contributed by atoms with van der Waals surface area (Å²) in [5.74, 6) is -0.126. The normalized spacial score (nSPS) is 11.5. The number of aromatic amines is 1. The largest absolute Gasteiger partial charge is 0.369 e. The van der Waals surface area contributed by atoms with Crippen LogP contribution in [0.15, 0.2) is 30.6 Å². The van der Waals surface area contributed by atoms with Gasteiger partial charge in [-0.05, 0) is 18.6 Å². The molecule has 0 aliphatic rings. The zero-order chi connectivity index (χ0) is 17.6. The molecule has 1 aromatic carbocycles. The molecule has 7 heteroatoms. The Bertz CT molecular complexity index is 1080. The molecule has 25 heavy (non-hydrogen) atoms. The predicted octanol–water partition coefficient (Wildman–Crippen LogP) is 4.22. The second-order valence-electron chi connectivity index (χ2n) is 6.00. The quantitative estimate of drug-likeness (QED) is 0.584. The Morgan fingerprint density at radius 3 is 2.84 bits per heavy atom. The lowest BCUT2D eigenvalue weighted by Crippen LogP contribution is -2.05. The van der Waals surface area contributed by atoms with Crippen LogP contribution >= 0.6 is 0 Å². The van der Waals surface area contributed by atoms with Crippen molar-refractivity contribution in [2.24, 2.45) is 7.05 Å². The van der Waals surface area contributed by atoms with Gasteiger partial charge in [-0.3, -0.25) is 0 Å². The van der Waals surface area contributed by atoms with Crippen molar-refractivity contribution in [1.29, 1.82) is 0 Å². The van der Waals surface area contributed by atoms with Crippen LogP contribution in [0.5, 0.6) is 0 Å². The molecule has 3 aromatic heterocycles. The number of anilines is 1. The van der Waals surface area contributed by atoms with Gasteiger partial charge in [0.15, 0.2) is 5.82 Å². The van der Waals surface area contributed by atoms with E-state index in [0.717, 1.165) is 30.1 Å².